The largest absolute Gasteiger partial charge is 0.494 e. The maximum atomic E-state index is 6.25. The van der Waals surface area contributed by atoms with Gasteiger partial charge in [-0.05, 0) is 113 Å². The molecule has 0 aliphatic heterocycles. The first-order valence-electron chi connectivity index (χ1n) is 14.0. The molecule has 4 nitrogen and oxygen atoms in total. The van der Waals surface area contributed by atoms with Crippen LogP contribution in [0.1, 0.15) is 37.8 Å². The molecule has 208 valence electrons. The Morgan fingerprint density at radius 2 is 0.919 bits per heavy atom. The summed E-state index contributed by atoms with van der Waals surface area (Å²) < 4.78 is 24.6. The number of hydrogen-bond donors (Lipinski definition) is 0. The zero-order chi connectivity index (χ0) is 27.7. The van der Waals surface area contributed by atoms with Crippen molar-refractivity contribution in [1.82, 2.24) is 0 Å². The predicted octanol–water partition coefficient (Wildman–Crippen LogP) is 7.96. The van der Waals surface area contributed by atoms with E-state index < -0.39 is 34.7 Å². The highest BCUT2D eigenvalue weighted by molar-refractivity contribution is 6.78. The number of hydrogen-bond acceptors (Lipinski definition) is 4. The summed E-state index contributed by atoms with van der Waals surface area (Å²) in [7, 11) is -4.99. The quantitative estimate of drug-likeness (QED) is 0.150. The summed E-state index contributed by atoms with van der Waals surface area (Å²) in [6.45, 7) is 24.3. The summed E-state index contributed by atoms with van der Waals surface area (Å²) in [4.78, 5) is 0. The summed E-state index contributed by atoms with van der Waals surface area (Å²) in [5.74, 6) is 1.88. The summed E-state index contributed by atoms with van der Waals surface area (Å²) >= 11 is 0. The van der Waals surface area contributed by atoms with E-state index in [-0.39, 0.29) is 5.41 Å². The molecule has 0 heterocycles. The van der Waals surface area contributed by atoms with Crippen LogP contribution >= 0.6 is 0 Å². The highest BCUT2D eigenvalue weighted by Crippen LogP contribution is 2.33. The van der Waals surface area contributed by atoms with Gasteiger partial charge in [0, 0.05) is 5.41 Å². The van der Waals surface area contributed by atoms with Gasteiger partial charge in [0.15, 0.2) is 34.7 Å². The van der Waals surface area contributed by atoms with Crippen molar-refractivity contribution in [3.63, 3.8) is 0 Å². The molecule has 0 aliphatic carbocycles. The average molecular weight is 577 g/mol. The Labute approximate surface area is 232 Å². The molecular weight excluding hydrogens is 525 g/mol. The SMILES string of the molecule is C[SiH](C)O[Si](C)(C)CCCOc1ccc(C(C)(C)c2ccc(OCCC[Si](C)(C)O[SiH](C)C)cc2)cc1. The second kappa shape index (κ2) is 14.3. The molecule has 0 aromatic heterocycles. The third-order valence-corrected chi connectivity index (χ3v) is 18.6. The van der Waals surface area contributed by atoms with E-state index in [4.69, 9.17) is 17.7 Å². The van der Waals surface area contributed by atoms with Crippen molar-refractivity contribution in [3.8, 4) is 11.5 Å². The predicted molar refractivity (Wildman–Crippen MR) is 170 cm³/mol. The van der Waals surface area contributed by atoms with Gasteiger partial charge in [-0.25, -0.2) is 0 Å². The summed E-state index contributed by atoms with van der Waals surface area (Å²) in [6.07, 6.45) is 2.10. The molecule has 0 bridgehead atoms. The van der Waals surface area contributed by atoms with Crippen molar-refractivity contribution in [2.45, 2.75) is 96.6 Å². The number of benzene rings is 2. The van der Waals surface area contributed by atoms with E-state index in [9.17, 15) is 0 Å². The minimum atomic E-state index is -1.53. The smallest absolute Gasteiger partial charge is 0.173 e. The Kier molecular flexibility index (Phi) is 12.4. The summed E-state index contributed by atoms with van der Waals surface area (Å²) in [6, 6.07) is 19.5. The van der Waals surface area contributed by atoms with Crippen LogP contribution in [-0.2, 0) is 13.6 Å². The van der Waals surface area contributed by atoms with Gasteiger partial charge in [-0.2, -0.15) is 0 Å². The fourth-order valence-corrected chi connectivity index (χ4v) is 18.0. The number of ether oxygens (including phenoxy) is 2. The molecule has 0 saturated carbocycles. The Morgan fingerprint density at radius 1 is 0.595 bits per heavy atom. The van der Waals surface area contributed by atoms with Crippen LogP contribution in [0.25, 0.3) is 0 Å². The van der Waals surface area contributed by atoms with Crippen LogP contribution in [0.4, 0.5) is 0 Å². The van der Waals surface area contributed by atoms with Gasteiger partial charge in [0.05, 0.1) is 13.2 Å². The van der Waals surface area contributed by atoms with Crippen LogP contribution in [0.2, 0.25) is 64.5 Å². The van der Waals surface area contributed by atoms with Crippen molar-refractivity contribution in [1.29, 1.82) is 0 Å². The first-order chi connectivity index (χ1) is 17.2. The van der Waals surface area contributed by atoms with Crippen LogP contribution in [0.15, 0.2) is 48.5 Å². The zero-order valence-electron chi connectivity index (χ0n) is 25.1. The van der Waals surface area contributed by atoms with Crippen molar-refractivity contribution >= 4 is 34.7 Å². The molecule has 0 fully saturated rings. The molecule has 2 rings (SSSR count). The van der Waals surface area contributed by atoms with Crippen LogP contribution < -0.4 is 9.47 Å². The van der Waals surface area contributed by atoms with Crippen molar-refractivity contribution < 1.29 is 17.7 Å². The lowest BCUT2D eigenvalue weighted by molar-refractivity contribution is 0.314. The van der Waals surface area contributed by atoms with Crippen molar-refractivity contribution in [3.05, 3.63) is 59.7 Å². The second-order valence-electron chi connectivity index (χ2n) is 12.4. The number of rotatable bonds is 16. The van der Waals surface area contributed by atoms with Crippen LogP contribution in [0.3, 0.4) is 0 Å². The topological polar surface area (TPSA) is 36.9 Å². The maximum Gasteiger partial charge on any atom is 0.173 e. The third-order valence-electron chi connectivity index (χ3n) is 6.65. The lowest BCUT2D eigenvalue weighted by atomic mass is 9.78. The van der Waals surface area contributed by atoms with E-state index in [1.54, 1.807) is 0 Å². The normalized spacial score (nSPS) is 12.9. The first-order valence-corrected chi connectivity index (χ1v) is 25.8. The minimum Gasteiger partial charge on any atom is -0.494 e. The zero-order valence-corrected chi connectivity index (χ0v) is 29.5. The lowest BCUT2D eigenvalue weighted by Crippen LogP contribution is -2.35. The first kappa shape index (κ1) is 32.0. The van der Waals surface area contributed by atoms with Gasteiger partial charge in [-0.15, -0.1) is 0 Å². The molecule has 0 atom stereocenters. The summed E-state index contributed by atoms with van der Waals surface area (Å²) in [5, 5.41) is 0. The molecule has 2 aromatic carbocycles. The van der Waals surface area contributed by atoms with E-state index >= 15 is 0 Å². The molecular formula is C29H52O4Si4. The van der Waals surface area contributed by atoms with Gasteiger partial charge in [0.2, 0.25) is 0 Å². The van der Waals surface area contributed by atoms with E-state index in [1.807, 2.05) is 0 Å². The van der Waals surface area contributed by atoms with Gasteiger partial charge in [0.25, 0.3) is 0 Å². The highest BCUT2D eigenvalue weighted by atomic mass is 28.4. The molecule has 0 N–H and O–H groups in total. The third kappa shape index (κ3) is 11.6. The molecule has 37 heavy (non-hydrogen) atoms. The Morgan fingerprint density at radius 3 is 1.22 bits per heavy atom. The van der Waals surface area contributed by atoms with E-state index in [1.165, 1.54) is 11.1 Å². The van der Waals surface area contributed by atoms with Crippen LogP contribution in [0, 0.1) is 0 Å². The van der Waals surface area contributed by atoms with E-state index in [2.05, 4.69) is 115 Å². The van der Waals surface area contributed by atoms with Gasteiger partial charge >= 0.3 is 0 Å². The van der Waals surface area contributed by atoms with Gasteiger partial charge < -0.3 is 17.7 Å². The molecule has 0 amide bonds. The van der Waals surface area contributed by atoms with Crippen molar-refractivity contribution in [2.24, 2.45) is 0 Å². The molecule has 0 aliphatic rings. The Balaban J connectivity index is 1.84. The lowest BCUT2D eigenvalue weighted by Gasteiger charge is -2.27. The molecule has 0 radical (unpaired) electrons. The van der Waals surface area contributed by atoms with Crippen LogP contribution in [-0.4, -0.2) is 47.9 Å². The fraction of sp³-hybridized carbons (Fsp3) is 0.586. The van der Waals surface area contributed by atoms with E-state index in [0.29, 0.717) is 0 Å². The van der Waals surface area contributed by atoms with Gasteiger partial charge in [0.1, 0.15) is 11.5 Å². The average Bonchev–Trinajstić information content (AvgIpc) is 2.78. The highest BCUT2D eigenvalue weighted by Gasteiger charge is 2.25. The standard InChI is InChI=1S/C29H52O4Si4/c1-29(2,25-13-17-27(18-14-25)30-21-11-23-36(7,8)32-34(3)4)26-15-19-28(20-16-26)31-22-12-24-37(9,10)33-35(5)6/h13-20,34-35H,11-12,21-24H2,1-10H3. The minimum absolute atomic E-state index is 0.0988. The summed E-state index contributed by atoms with van der Waals surface area (Å²) in [5.41, 5.74) is 2.45. The molecule has 8 heteroatoms. The Hall–Kier alpha value is -1.17. The van der Waals surface area contributed by atoms with Gasteiger partial charge in [-0.1, -0.05) is 38.1 Å². The monoisotopic (exact) mass is 576 g/mol. The van der Waals surface area contributed by atoms with Crippen LogP contribution in [0.5, 0.6) is 11.5 Å². The fourth-order valence-electron chi connectivity index (χ4n) is 4.87. The Bertz CT molecular complexity index is 850. The maximum absolute atomic E-state index is 6.25. The van der Waals surface area contributed by atoms with Gasteiger partial charge in [-0.3, -0.25) is 0 Å². The molecule has 2 aromatic rings. The van der Waals surface area contributed by atoms with Crippen molar-refractivity contribution in [2.75, 3.05) is 13.2 Å². The molecule has 0 saturated heterocycles. The molecule has 0 spiro atoms. The van der Waals surface area contributed by atoms with E-state index in [0.717, 1.165) is 49.6 Å². The molecule has 0 unspecified atom stereocenters. The second-order valence-corrected chi connectivity index (χ2v) is 26.5.